The van der Waals surface area contributed by atoms with Crippen LogP contribution in [0.1, 0.15) is 45.9 Å². The number of hydrogen-bond donors (Lipinski definition) is 0. The Morgan fingerprint density at radius 3 is 1.53 bits per heavy atom. The Bertz CT molecular complexity index is 3660. The fourth-order valence-corrected chi connectivity index (χ4v) is 11.8. The molecule has 0 aliphatic heterocycles. The van der Waals surface area contributed by atoms with Crippen molar-refractivity contribution in [3.63, 3.8) is 0 Å². The summed E-state index contributed by atoms with van der Waals surface area (Å²) >= 11 is 0. The maximum absolute atomic E-state index is 2.50. The third-order valence-electron chi connectivity index (χ3n) is 15.0. The highest BCUT2D eigenvalue weighted by atomic mass is 15.1. The van der Waals surface area contributed by atoms with Gasteiger partial charge < -0.3 is 4.90 Å². The third-order valence-corrected chi connectivity index (χ3v) is 15.0. The lowest BCUT2D eigenvalue weighted by Gasteiger charge is -2.34. The van der Waals surface area contributed by atoms with Crippen molar-refractivity contribution in [2.75, 3.05) is 4.90 Å². The molecule has 1 atom stereocenters. The molecule has 13 rings (SSSR count). The van der Waals surface area contributed by atoms with E-state index >= 15 is 0 Å². The highest BCUT2D eigenvalue weighted by molar-refractivity contribution is 5.95. The Morgan fingerprint density at radius 2 is 0.794 bits per heavy atom. The van der Waals surface area contributed by atoms with E-state index in [1.165, 1.54) is 88.7 Å². The second kappa shape index (κ2) is 15.8. The van der Waals surface area contributed by atoms with Crippen molar-refractivity contribution in [1.29, 1.82) is 0 Å². The van der Waals surface area contributed by atoms with Crippen molar-refractivity contribution in [2.45, 2.75) is 17.8 Å². The molecule has 2 aliphatic carbocycles. The molecule has 0 saturated heterocycles. The molecule has 0 radical (unpaired) electrons. The number of para-hydroxylation sites is 1. The molecule has 2 aliphatic rings. The quantitative estimate of drug-likeness (QED) is 0.147. The van der Waals surface area contributed by atoms with Gasteiger partial charge in [0.2, 0.25) is 0 Å². The normalized spacial score (nSPS) is 15.0. The van der Waals surface area contributed by atoms with Gasteiger partial charge in [0.15, 0.2) is 0 Å². The van der Waals surface area contributed by atoms with Crippen molar-refractivity contribution in [3.8, 4) is 44.5 Å². The van der Waals surface area contributed by atoms with Crippen LogP contribution in [0.5, 0.6) is 0 Å². The van der Waals surface area contributed by atoms with E-state index in [4.69, 9.17) is 0 Å². The number of benzene rings is 11. The first-order valence-electron chi connectivity index (χ1n) is 23.7. The summed E-state index contributed by atoms with van der Waals surface area (Å²) in [5.41, 5.74) is 21.3. The van der Waals surface area contributed by atoms with Crippen LogP contribution in [0.2, 0.25) is 0 Å². The van der Waals surface area contributed by atoms with E-state index in [0.717, 1.165) is 22.6 Å². The highest BCUT2D eigenvalue weighted by Gasteiger charge is 2.46. The lowest BCUT2D eigenvalue weighted by Crippen LogP contribution is -2.28. The summed E-state index contributed by atoms with van der Waals surface area (Å²) in [6.07, 6.45) is 0. The molecule has 0 saturated carbocycles. The second-order valence-electron chi connectivity index (χ2n) is 18.5. The number of fused-ring (bicyclic) bond motifs is 7. The van der Waals surface area contributed by atoms with Gasteiger partial charge in [0.05, 0.1) is 11.1 Å². The monoisotopic (exact) mass is 865 g/mol. The van der Waals surface area contributed by atoms with Crippen LogP contribution in [0.3, 0.4) is 0 Å². The molecule has 0 N–H and O–H groups in total. The van der Waals surface area contributed by atoms with Crippen molar-refractivity contribution >= 4 is 27.8 Å². The van der Waals surface area contributed by atoms with Crippen LogP contribution >= 0.6 is 0 Å². The van der Waals surface area contributed by atoms with Crippen LogP contribution in [0.4, 0.5) is 17.1 Å². The maximum Gasteiger partial charge on any atom is 0.0713 e. The van der Waals surface area contributed by atoms with Crippen LogP contribution in [-0.4, -0.2) is 0 Å². The largest absolute Gasteiger partial charge is 0.310 e. The maximum atomic E-state index is 2.50. The number of nitrogens with zero attached hydrogens (tertiary/aromatic N) is 1. The Labute approximate surface area is 398 Å². The van der Waals surface area contributed by atoms with E-state index in [1.807, 2.05) is 0 Å². The predicted molar refractivity (Wildman–Crippen MR) is 284 cm³/mol. The first-order chi connectivity index (χ1) is 33.6. The van der Waals surface area contributed by atoms with Crippen molar-refractivity contribution in [3.05, 3.63) is 306 Å². The molecule has 1 heteroatoms. The van der Waals surface area contributed by atoms with Gasteiger partial charge in [-0.25, -0.2) is 0 Å². The molecule has 0 fully saturated rings. The van der Waals surface area contributed by atoms with Gasteiger partial charge in [-0.3, -0.25) is 0 Å². The van der Waals surface area contributed by atoms with E-state index in [2.05, 4.69) is 279 Å². The fourth-order valence-electron chi connectivity index (χ4n) is 11.8. The SMILES string of the molecule is CC1(c2ccccc2)c2ccccc2-c2ccc(N(c3cccc(-c4ccc5ccccc5c4)c3)c3ccccc3-c3ccc4c(c3)C(c3ccccc3)(c3ccccc3)c3ccccc3-4)cc21. The smallest absolute Gasteiger partial charge is 0.0713 e. The molecule has 0 amide bonds. The van der Waals surface area contributed by atoms with Crippen LogP contribution in [0.15, 0.2) is 267 Å². The van der Waals surface area contributed by atoms with Gasteiger partial charge in [-0.2, -0.15) is 0 Å². The molecular weight excluding hydrogens is 819 g/mol. The Kier molecular flexibility index (Phi) is 9.27. The Hall–Kier alpha value is -8.52. The van der Waals surface area contributed by atoms with Crippen LogP contribution in [0, 0.1) is 0 Å². The molecule has 11 aromatic carbocycles. The van der Waals surface area contributed by atoms with Gasteiger partial charge in [-0.15, -0.1) is 0 Å². The molecule has 320 valence electrons. The summed E-state index contributed by atoms with van der Waals surface area (Å²) < 4.78 is 0. The van der Waals surface area contributed by atoms with Crippen LogP contribution in [0.25, 0.3) is 55.3 Å². The van der Waals surface area contributed by atoms with Gasteiger partial charge in [0.1, 0.15) is 0 Å². The average Bonchev–Trinajstić information content (AvgIpc) is 3.86. The zero-order chi connectivity index (χ0) is 45.2. The molecule has 1 unspecified atom stereocenters. The van der Waals surface area contributed by atoms with Gasteiger partial charge in [0, 0.05) is 22.4 Å². The molecule has 0 bridgehead atoms. The van der Waals surface area contributed by atoms with E-state index in [-0.39, 0.29) is 5.41 Å². The summed E-state index contributed by atoms with van der Waals surface area (Å²) in [7, 11) is 0. The third kappa shape index (κ3) is 6.02. The van der Waals surface area contributed by atoms with E-state index in [1.54, 1.807) is 0 Å². The van der Waals surface area contributed by atoms with Gasteiger partial charge >= 0.3 is 0 Å². The molecule has 0 spiro atoms. The molecule has 68 heavy (non-hydrogen) atoms. The van der Waals surface area contributed by atoms with Crippen LogP contribution < -0.4 is 4.90 Å². The average molecular weight is 866 g/mol. The minimum atomic E-state index is -0.510. The van der Waals surface area contributed by atoms with Gasteiger partial charge in [-0.1, -0.05) is 224 Å². The minimum Gasteiger partial charge on any atom is -0.310 e. The highest BCUT2D eigenvalue weighted by Crippen LogP contribution is 2.58. The zero-order valence-electron chi connectivity index (χ0n) is 37.9. The van der Waals surface area contributed by atoms with Crippen molar-refractivity contribution in [1.82, 2.24) is 0 Å². The Balaban J connectivity index is 1.04. The van der Waals surface area contributed by atoms with Crippen molar-refractivity contribution < 1.29 is 0 Å². The molecular formula is C67H47N. The predicted octanol–water partition coefficient (Wildman–Crippen LogP) is 17.3. The number of rotatable bonds is 8. The van der Waals surface area contributed by atoms with Crippen molar-refractivity contribution in [2.24, 2.45) is 0 Å². The summed E-state index contributed by atoms with van der Waals surface area (Å²) in [6.45, 7) is 2.41. The minimum absolute atomic E-state index is 0.353. The van der Waals surface area contributed by atoms with Crippen LogP contribution in [-0.2, 0) is 10.8 Å². The summed E-state index contributed by atoms with van der Waals surface area (Å²) in [4.78, 5) is 2.50. The fraction of sp³-hybridized carbons (Fsp3) is 0.0448. The second-order valence-corrected chi connectivity index (χ2v) is 18.5. The lowest BCUT2D eigenvalue weighted by atomic mass is 9.67. The topological polar surface area (TPSA) is 3.24 Å². The first-order valence-corrected chi connectivity index (χ1v) is 23.7. The zero-order valence-corrected chi connectivity index (χ0v) is 37.9. The standard InChI is InChI=1S/C67H47N/c1-66(51-23-5-2-6-24-51)61-33-16-13-31-57(61)59-41-39-55(45-63(59)66)68(54-29-19-22-48(43-54)49-37-36-46-20-11-12-21-47(46)42-49)65-35-18-15-30-56(65)50-38-40-60-58-32-14-17-34-62(58)67(64(60)44-50,52-25-7-3-8-26-52)53-27-9-4-10-28-53/h2-45H,1H3. The Morgan fingerprint density at radius 1 is 0.279 bits per heavy atom. The summed E-state index contributed by atoms with van der Waals surface area (Å²) in [5.74, 6) is 0. The molecule has 1 nitrogen and oxygen atoms in total. The van der Waals surface area contributed by atoms with E-state index in [0.29, 0.717) is 0 Å². The van der Waals surface area contributed by atoms with Gasteiger partial charge in [0.25, 0.3) is 0 Å². The number of anilines is 3. The molecule has 0 heterocycles. The van der Waals surface area contributed by atoms with E-state index < -0.39 is 5.41 Å². The number of hydrogen-bond acceptors (Lipinski definition) is 1. The van der Waals surface area contributed by atoms with Gasteiger partial charge in [-0.05, 0) is 138 Å². The van der Waals surface area contributed by atoms with E-state index in [9.17, 15) is 0 Å². The molecule has 11 aromatic rings. The summed E-state index contributed by atoms with van der Waals surface area (Å²) in [6, 6.07) is 99.1. The lowest BCUT2D eigenvalue weighted by molar-refractivity contribution is 0.714. The first kappa shape index (κ1) is 39.8. The molecule has 0 aromatic heterocycles. The summed E-state index contributed by atoms with van der Waals surface area (Å²) in [5, 5.41) is 2.47.